The number of methoxy groups -OCH3 is 1. The van der Waals surface area contributed by atoms with E-state index in [0.29, 0.717) is 28.8 Å². The first-order valence-corrected chi connectivity index (χ1v) is 9.00. The lowest BCUT2D eigenvalue weighted by molar-refractivity contribution is 0.178. The fourth-order valence-corrected chi connectivity index (χ4v) is 3.43. The van der Waals surface area contributed by atoms with Crippen LogP contribution in [0.1, 0.15) is 11.4 Å². The molecule has 0 bridgehead atoms. The van der Waals surface area contributed by atoms with E-state index in [1.54, 1.807) is 13.3 Å². The fraction of sp³-hybridized carbons (Fsp3) is 0.167. The maximum Gasteiger partial charge on any atom is 0.277 e. The van der Waals surface area contributed by atoms with Crippen molar-refractivity contribution in [2.24, 2.45) is 0 Å². The molecule has 0 atom stereocenters. The van der Waals surface area contributed by atoms with Crippen LogP contribution in [0.5, 0.6) is 0 Å². The first kappa shape index (κ1) is 17.3. The summed E-state index contributed by atoms with van der Waals surface area (Å²) in [6, 6.07) is 8.08. The van der Waals surface area contributed by atoms with E-state index < -0.39 is 0 Å². The highest BCUT2D eigenvalue weighted by atomic mass is 32.1. The summed E-state index contributed by atoms with van der Waals surface area (Å²) in [5.41, 5.74) is 9.35. The van der Waals surface area contributed by atoms with Gasteiger partial charge in [-0.3, -0.25) is 0 Å². The lowest BCUT2D eigenvalue weighted by atomic mass is 10.1. The van der Waals surface area contributed by atoms with Gasteiger partial charge in [0.2, 0.25) is 5.82 Å². The van der Waals surface area contributed by atoms with Gasteiger partial charge < -0.3 is 15.0 Å². The summed E-state index contributed by atoms with van der Waals surface area (Å²) in [6.07, 6.45) is 1.56. The van der Waals surface area contributed by atoms with Gasteiger partial charge in [-0.2, -0.15) is 4.98 Å². The van der Waals surface area contributed by atoms with Crippen molar-refractivity contribution in [1.29, 1.82) is 0 Å². The fourth-order valence-electron chi connectivity index (χ4n) is 2.55. The number of hydrogen-bond donors (Lipinski definition) is 1. The van der Waals surface area contributed by atoms with Gasteiger partial charge in [0.1, 0.15) is 23.1 Å². The Hall–Kier alpha value is -3.17. The maximum atomic E-state index is 5.99. The van der Waals surface area contributed by atoms with Crippen LogP contribution in [-0.4, -0.2) is 32.2 Å². The van der Waals surface area contributed by atoms with Crippen molar-refractivity contribution in [1.82, 2.24) is 25.1 Å². The SMILES string of the molecule is COCc1ncc(-c2noc(-c3csc(-c4ccccc4C)n3)n2)c(N)n1. The monoisotopic (exact) mass is 380 g/mol. The predicted molar refractivity (Wildman–Crippen MR) is 102 cm³/mol. The Morgan fingerprint density at radius 1 is 1.15 bits per heavy atom. The number of aromatic nitrogens is 5. The lowest BCUT2D eigenvalue weighted by Gasteiger charge is -2.02. The average Bonchev–Trinajstić information content (AvgIpc) is 3.32. The molecular weight excluding hydrogens is 364 g/mol. The van der Waals surface area contributed by atoms with E-state index in [-0.39, 0.29) is 12.4 Å². The van der Waals surface area contributed by atoms with Crippen molar-refractivity contribution < 1.29 is 9.26 Å². The van der Waals surface area contributed by atoms with Crippen LogP contribution in [0, 0.1) is 6.92 Å². The van der Waals surface area contributed by atoms with Crippen LogP contribution in [0.15, 0.2) is 40.4 Å². The van der Waals surface area contributed by atoms with Crippen LogP contribution >= 0.6 is 11.3 Å². The highest BCUT2D eigenvalue weighted by Crippen LogP contribution is 2.31. The van der Waals surface area contributed by atoms with Crippen molar-refractivity contribution in [3.05, 3.63) is 47.2 Å². The van der Waals surface area contributed by atoms with Gasteiger partial charge in [-0.25, -0.2) is 15.0 Å². The molecule has 136 valence electrons. The minimum absolute atomic E-state index is 0.267. The second kappa shape index (κ2) is 7.22. The Morgan fingerprint density at radius 2 is 2.00 bits per heavy atom. The standard InChI is InChI=1S/C18H16N6O2S/c1-10-5-3-4-6-11(10)18-21-13(9-27-18)17-23-16(24-26-17)12-7-20-14(8-25-2)22-15(12)19/h3-7,9H,8H2,1-2H3,(H2,19,20,22). The molecule has 9 heteroatoms. The molecule has 0 unspecified atom stereocenters. The van der Waals surface area contributed by atoms with Gasteiger partial charge in [0, 0.05) is 24.3 Å². The number of nitrogens with two attached hydrogens (primary N) is 1. The van der Waals surface area contributed by atoms with Crippen molar-refractivity contribution in [2.75, 3.05) is 12.8 Å². The second-order valence-corrected chi connectivity index (χ2v) is 6.65. The number of aryl methyl sites for hydroxylation is 1. The minimum atomic E-state index is 0.267. The van der Waals surface area contributed by atoms with E-state index in [9.17, 15) is 0 Å². The van der Waals surface area contributed by atoms with Crippen LogP contribution in [-0.2, 0) is 11.3 Å². The van der Waals surface area contributed by atoms with E-state index >= 15 is 0 Å². The van der Waals surface area contributed by atoms with E-state index in [2.05, 4.69) is 38.1 Å². The first-order chi connectivity index (χ1) is 13.2. The molecule has 0 spiro atoms. The molecule has 0 aliphatic rings. The van der Waals surface area contributed by atoms with Crippen molar-refractivity contribution in [3.63, 3.8) is 0 Å². The number of hydrogen-bond acceptors (Lipinski definition) is 9. The Morgan fingerprint density at radius 3 is 2.78 bits per heavy atom. The maximum absolute atomic E-state index is 5.99. The smallest absolute Gasteiger partial charge is 0.277 e. The van der Waals surface area contributed by atoms with E-state index in [0.717, 1.165) is 16.1 Å². The molecule has 0 radical (unpaired) electrons. The van der Waals surface area contributed by atoms with Crippen LogP contribution in [0.2, 0.25) is 0 Å². The number of benzene rings is 1. The molecule has 3 heterocycles. The molecule has 0 amide bonds. The van der Waals surface area contributed by atoms with E-state index in [4.69, 9.17) is 15.0 Å². The normalized spacial score (nSPS) is 11.0. The van der Waals surface area contributed by atoms with E-state index in [1.165, 1.54) is 11.3 Å². The Labute approximate surface area is 159 Å². The second-order valence-electron chi connectivity index (χ2n) is 5.79. The number of ether oxygens (including phenoxy) is 1. The van der Waals surface area contributed by atoms with Gasteiger partial charge >= 0.3 is 0 Å². The molecular formula is C18H16N6O2S. The number of thiazole rings is 1. The molecule has 0 fully saturated rings. The summed E-state index contributed by atoms with van der Waals surface area (Å²) in [7, 11) is 1.57. The van der Waals surface area contributed by atoms with Gasteiger partial charge in [-0.15, -0.1) is 11.3 Å². The number of anilines is 1. The van der Waals surface area contributed by atoms with Crippen LogP contribution in [0.3, 0.4) is 0 Å². The predicted octanol–water partition coefficient (Wildman–Crippen LogP) is 3.35. The molecule has 0 aliphatic heterocycles. The van der Waals surface area contributed by atoms with Gasteiger partial charge in [0.25, 0.3) is 5.89 Å². The van der Waals surface area contributed by atoms with Crippen LogP contribution in [0.25, 0.3) is 33.5 Å². The molecule has 27 heavy (non-hydrogen) atoms. The third-order valence-corrected chi connectivity index (χ3v) is 4.78. The average molecular weight is 380 g/mol. The van der Waals surface area contributed by atoms with Gasteiger partial charge in [-0.05, 0) is 12.5 Å². The Balaban J connectivity index is 1.63. The lowest BCUT2D eigenvalue weighted by Crippen LogP contribution is -2.03. The van der Waals surface area contributed by atoms with E-state index in [1.807, 2.05) is 23.6 Å². The largest absolute Gasteiger partial charge is 0.383 e. The zero-order valence-corrected chi connectivity index (χ0v) is 15.5. The summed E-state index contributed by atoms with van der Waals surface area (Å²) in [4.78, 5) is 17.4. The molecule has 1 aromatic carbocycles. The molecule has 4 rings (SSSR count). The van der Waals surface area contributed by atoms with Crippen LogP contribution in [0.4, 0.5) is 5.82 Å². The third-order valence-electron chi connectivity index (χ3n) is 3.91. The number of nitrogens with zero attached hydrogens (tertiary/aromatic N) is 5. The molecule has 0 saturated carbocycles. The van der Waals surface area contributed by atoms with Crippen molar-refractivity contribution in [2.45, 2.75) is 13.5 Å². The Bertz CT molecular complexity index is 1090. The third kappa shape index (κ3) is 3.42. The van der Waals surface area contributed by atoms with Crippen LogP contribution < -0.4 is 5.73 Å². The van der Waals surface area contributed by atoms with Gasteiger partial charge in [0.05, 0.1) is 5.56 Å². The number of rotatable bonds is 5. The van der Waals surface area contributed by atoms with Crippen molar-refractivity contribution in [3.8, 4) is 33.5 Å². The molecule has 0 aliphatic carbocycles. The van der Waals surface area contributed by atoms with Gasteiger partial charge in [-0.1, -0.05) is 29.4 Å². The summed E-state index contributed by atoms with van der Waals surface area (Å²) < 4.78 is 10.4. The van der Waals surface area contributed by atoms with Gasteiger partial charge in [0.15, 0.2) is 5.82 Å². The molecule has 3 aromatic heterocycles. The van der Waals surface area contributed by atoms with Crippen molar-refractivity contribution >= 4 is 17.2 Å². The molecule has 2 N–H and O–H groups in total. The first-order valence-electron chi connectivity index (χ1n) is 8.12. The summed E-state index contributed by atoms with van der Waals surface area (Å²) in [5.74, 6) is 1.39. The zero-order valence-electron chi connectivity index (χ0n) is 14.7. The summed E-state index contributed by atoms with van der Waals surface area (Å²) in [5, 5.41) is 6.77. The summed E-state index contributed by atoms with van der Waals surface area (Å²) >= 11 is 1.53. The molecule has 4 aromatic rings. The number of nitrogen functional groups attached to an aromatic ring is 1. The quantitative estimate of drug-likeness (QED) is 0.561. The zero-order chi connectivity index (χ0) is 18.8. The topological polar surface area (TPSA) is 113 Å². The highest BCUT2D eigenvalue weighted by Gasteiger charge is 2.17. The molecule has 8 nitrogen and oxygen atoms in total. The Kier molecular flexibility index (Phi) is 4.61. The summed E-state index contributed by atoms with van der Waals surface area (Å²) in [6.45, 7) is 2.33. The minimum Gasteiger partial charge on any atom is -0.383 e. The molecule has 0 saturated heterocycles. The highest BCUT2D eigenvalue weighted by molar-refractivity contribution is 7.13.